The fourth-order valence-electron chi connectivity index (χ4n) is 2.58. The normalized spacial score (nSPS) is 15.8. The molecule has 1 aromatic carbocycles. The van der Waals surface area contributed by atoms with Crippen molar-refractivity contribution in [2.75, 3.05) is 0 Å². The number of aliphatic hydroxyl groups is 1. The van der Waals surface area contributed by atoms with Crippen LogP contribution in [0.25, 0.3) is 0 Å². The molecular weight excluding hydrogens is 352 g/mol. The summed E-state index contributed by atoms with van der Waals surface area (Å²) in [5.41, 5.74) is 1.10. The molecule has 0 saturated heterocycles. The molecule has 3 nitrogen and oxygen atoms in total. The molecule has 3 atom stereocenters. The van der Waals surface area contributed by atoms with Gasteiger partial charge in [0.2, 0.25) is 0 Å². The highest BCUT2D eigenvalue weighted by molar-refractivity contribution is 6.74. The first-order valence-corrected chi connectivity index (χ1v) is 12.8. The van der Waals surface area contributed by atoms with Crippen molar-refractivity contribution in [1.29, 1.82) is 0 Å². The predicted octanol–water partition coefficient (Wildman–Crippen LogP) is 5.87. The van der Waals surface area contributed by atoms with Crippen LogP contribution >= 0.6 is 0 Å². The van der Waals surface area contributed by atoms with Gasteiger partial charge in [-0.15, -0.1) is 13.2 Å². The Morgan fingerprint density at radius 2 is 1.78 bits per heavy atom. The van der Waals surface area contributed by atoms with Crippen LogP contribution in [0.15, 0.2) is 55.6 Å². The Hall–Kier alpha value is -1.20. The van der Waals surface area contributed by atoms with Crippen molar-refractivity contribution < 1.29 is 14.3 Å². The molecule has 27 heavy (non-hydrogen) atoms. The zero-order chi connectivity index (χ0) is 20.5. The van der Waals surface area contributed by atoms with Crippen molar-refractivity contribution in [2.24, 2.45) is 0 Å². The Bertz CT molecular complexity index is 563. The Morgan fingerprint density at radius 3 is 2.30 bits per heavy atom. The second-order valence-electron chi connectivity index (χ2n) is 8.66. The Labute approximate surface area is 167 Å². The van der Waals surface area contributed by atoms with E-state index in [1.807, 2.05) is 42.5 Å². The second kappa shape index (κ2) is 11.0. The predicted molar refractivity (Wildman–Crippen MR) is 117 cm³/mol. The summed E-state index contributed by atoms with van der Waals surface area (Å²) in [6.45, 7) is 19.3. The van der Waals surface area contributed by atoms with Gasteiger partial charge in [0, 0.05) is 6.42 Å². The van der Waals surface area contributed by atoms with E-state index >= 15 is 0 Å². The lowest BCUT2D eigenvalue weighted by molar-refractivity contribution is -0.0604. The maximum atomic E-state index is 10.8. The molecule has 1 N–H and O–H groups in total. The molecule has 0 fully saturated rings. The van der Waals surface area contributed by atoms with E-state index in [-0.39, 0.29) is 17.2 Å². The lowest BCUT2D eigenvalue weighted by Gasteiger charge is -2.39. The fourth-order valence-corrected chi connectivity index (χ4v) is 3.89. The molecule has 0 heterocycles. The van der Waals surface area contributed by atoms with Gasteiger partial charge in [-0.2, -0.15) is 0 Å². The van der Waals surface area contributed by atoms with E-state index in [1.54, 1.807) is 0 Å². The molecule has 0 bridgehead atoms. The Morgan fingerprint density at radius 1 is 1.15 bits per heavy atom. The third-order valence-electron chi connectivity index (χ3n) is 5.38. The first-order valence-electron chi connectivity index (χ1n) is 9.85. The quantitative estimate of drug-likeness (QED) is 0.358. The molecule has 0 spiro atoms. The smallest absolute Gasteiger partial charge is 0.192 e. The van der Waals surface area contributed by atoms with Gasteiger partial charge in [-0.05, 0) is 36.5 Å². The number of hydrogen-bond acceptors (Lipinski definition) is 3. The molecular formula is C23H38O3Si. The van der Waals surface area contributed by atoms with Crippen LogP contribution in [0.5, 0.6) is 0 Å². The van der Waals surface area contributed by atoms with Crippen LogP contribution in [-0.2, 0) is 15.8 Å². The van der Waals surface area contributed by atoms with Crippen LogP contribution in [0.4, 0.5) is 0 Å². The highest BCUT2D eigenvalue weighted by atomic mass is 28.4. The largest absolute Gasteiger partial charge is 0.410 e. The van der Waals surface area contributed by atoms with Crippen LogP contribution in [-0.4, -0.2) is 31.7 Å². The molecule has 0 amide bonds. The van der Waals surface area contributed by atoms with E-state index in [0.717, 1.165) is 18.4 Å². The van der Waals surface area contributed by atoms with E-state index in [0.29, 0.717) is 13.0 Å². The van der Waals surface area contributed by atoms with E-state index in [9.17, 15) is 5.11 Å². The topological polar surface area (TPSA) is 38.7 Å². The molecule has 0 radical (unpaired) electrons. The van der Waals surface area contributed by atoms with Crippen LogP contribution in [0.1, 0.15) is 45.6 Å². The summed E-state index contributed by atoms with van der Waals surface area (Å²) in [6.07, 6.45) is 4.67. The average molecular weight is 391 g/mol. The van der Waals surface area contributed by atoms with Crippen LogP contribution < -0.4 is 0 Å². The second-order valence-corrected chi connectivity index (χ2v) is 13.4. The van der Waals surface area contributed by atoms with Gasteiger partial charge in [0.1, 0.15) is 0 Å². The number of benzene rings is 1. The van der Waals surface area contributed by atoms with Gasteiger partial charge in [0.15, 0.2) is 8.32 Å². The highest BCUT2D eigenvalue weighted by Crippen LogP contribution is 2.38. The molecule has 0 aliphatic heterocycles. The van der Waals surface area contributed by atoms with Gasteiger partial charge in [-0.1, -0.05) is 63.3 Å². The van der Waals surface area contributed by atoms with Gasteiger partial charge in [0.05, 0.1) is 24.9 Å². The maximum absolute atomic E-state index is 10.8. The van der Waals surface area contributed by atoms with Crippen molar-refractivity contribution in [1.82, 2.24) is 0 Å². The summed E-state index contributed by atoms with van der Waals surface area (Å²) in [6, 6.07) is 10.0. The van der Waals surface area contributed by atoms with Crippen molar-refractivity contribution >= 4 is 8.32 Å². The first kappa shape index (κ1) is 23.8. The van der Waals surface area contributed by atoms with E-state index in [1.165, 1.54) is 0 Å². The molecule has 0 aromatic heterocycles. The summed E-state index contributed by atoms with van der Waals surface area (Å²) in [5, 5.41) is 11.0. The Balaban J connectivity index is 2.73. The summed E-state index contributed by atoms with van der Waals surface area (Å²) in [5.74, 6) is 0. The average Bonchev–Trinajstić information content (AvgIpc) is 2.60. The van der Waals surface area contributed by atoms with Crippen molar-refractivity contribution in [3.8, 4) is 0 Å². The van der Waals surface area contributed by atoms with Gasteiger partial charge >= 0.3 is 0 Å². The maximum Gasteiger partial charge on any atom is 0.192 e. The SMILES string of the molecule is C=CCC[C@H](OCc1ccccc1)[C@H](O)C[C@H](C=C)O[Si](C)(C)C(C)(C)C. The number of allylic oxidation sites excluding steroid dienone is 1. The van der Waals surface area contributed by atoms with Gasteiger partial charge < -0.3 is 14.3 Å². The zero-order valence-electron chi connectivity index (χ0n) is 17.8. The monoisotopic (exact) mass is 390 g/mol. The van der Waals surface area contributed by atoms with Gasteiger partial charge in [-0.25, -0.2) is 0 Å². The van der Waals surface area contributed by atoms with Crippen LogP contribution in [0, 0.1) is 0 Å². The summed E-state index contributed by atoms with van der Waals surface area (Å²) >= 11 is 0. The number of rotatable bonds is 12. The molecule has 0 unspecified atom stereocenters. The first-order chi connectivity index (χ1) is 12.6. The fraction of sp³-hybridized carbons (Fsp3) is 0.565. The molecule has 0 aliphatic rings. The standard InChI is InChI=1S/C23H38O3Si/c1-8-10-16-22(25-18-19-14-12-11-13-15-19)21(24)17-20(9-2)26-27(6,7)23(3,4)5/h8-9,11-15,20-22,24H,1-2,10,16-18H2,3-7H3/t20-,21+,22-/m0/s1. The minimum absolute atomic E-state index is 0.116. The zero-order valence-corrected chi connectivity index (χ0v) is 18.8. The highest BCUT2D eigenvalue weighted by Gasteiger charge is 2.39. The molecule has 4 heteroatoms. The van der Waals surface area contributed by atoms with E-state index in [4.69, 9.17) is 9.16 Å². The molecule has 1 aromatic rings. The van der Waals surface area contributed by atoms with Crippen LogP contribution in [0.3, 0.4) is 0 Å². The van der Waals surface area contributed by atoms with E-state index in [2.05, 4.69) is 47.0 Å². The van der Waals surface area contributed by atoms with Crippen molar-refractivity contribution in [3.63, 3.8) is 0 Å². The molecule has 1 rings (SSSR count). The van der Waals surface area contributed by atoms with Crippen molar-refractivity contribution in [2.45, 2.75) is 83.1 Å². The van der Waals surface area contributed by atoms with Crippen LogP contribution in [0.2, 0.25) is 18.1 Å². The summed E-state index contributed by atoms with van der Waals surface area (Å²) in [4.78, 5) is 0. The molecule has 0 saturated carbocycles. The summed E-state index contributed by atoms with van der Waals surface area (Å²) in [7, 11) is -1.93. The lowest BCUT2D eigenvalue weighted by atomic mass is 10.0. The minimum Gasteiger partial charge on any atom is -0.410 e. The van der Waals surface area contributed by atoms with Crippen molar-refractivity contribution in [3.05, 3.63) is 61.2 Å². The number of hydrogen-bond donors (Lipinski definition) is 1. The molecule has 152 valence electrons. The van der Waals surface area contributed by atoms with Gasteiger partial charge in [-0.3, -0.25) is 0 Å². The van der Waals surface area contributed by atoms with E-state index < -0.39 is 14.4 Å². The summed E-state index contributed by atoms with van der Waals surface area (Å²) < 4.78 is 12.5. The number of ether oxygens (including phenoxy) is 1. The number of aliphatic hydroxyl groups excluding tert-OH is 1. The minimum atomic E-state index is -1.93. The van der Waals surface area contributed by atoms with Gasteiger partial charge in [0.25, 0.3) is 0 Å². The third-order valence-corrected chi connectivity index (χ3v) is 9.88. The molecule has 0 aliphatic carbocycles. The Kier molecular flexibility index (Phi) is 9.67. The third kappa shape index (κ3) is 8.14. The lowest BCUT2D eigenvalue weighted by Crippen LogP contribution is -2.45.